The summed E-state index contributed by atoms with van der Waals surface area (Å²) in [5, 5.41) is 12.5. The number of aromatic nitrogens is 1. The lowest BCUT2D eigenvalue weighted by atomic mass is 10.1. The maximum absolute atomic E-state index is 9.68. The second-order valence-electron chi connectivity index (χ2n) is 4.30. The highest BCUT2D eigenvalue weighted by atomic mass is 32.1. The number of thiazole rings is 1. The van der Waals surface area contributed by atoms with Gasteiger partial charge in [-0.15, -0.1) is 11.3 Å². The summed E-state index contributed by atoms with van der Waals surface area (Å²) in [5.74, 6) is 0.622. The van der Waals surface area contributed by atoms with E-state index in [9.17, 15) is 5.11 Å². The van der Waals surface area contributed by atoms with E-state index in [2.05, 4.69) is 18.8 Å². The van der Waals surface area contributed by atoms with Gasteiger partial charge in [0.15, 0.2) is 0 Å². The SMILES string of the molecule is CC(C)Cc1csc(C(C)(C)O)n1. The van der Waals surface area contributed by atoms with Crippen LogP contribution in [-0.4, -0.2) is 10.1 Å². The molecule has 0 aliphatic rings. The Labute approximate surface area is 83.6 Å². The van der Waals surface area contributed by atoms with Gasteiger partial charge in [-0.1, -0.05) is 13.8 Å². The molecule has 1 aromatic heterocycles. The highest BCUT2D eigenvalue weighted by Crippen LogP contribution is 2.24. The normalized spacial score (nSPS) is 12.5. The van der Waals surface area contributed by atoms with Gasteiger partial charge in [0.25, 0.3) is 0 Å². The molecule has 0 aromatic carbocycles. The van der Waals surface area contributed by atoms with E-state index >= 15 is 0 Å². The summed E-state index contributed by atoms with van der Waals surface area (Å²) >= 11 is 1.54. The molecule has 0 fully saturated rings. The molecule has 0 saturated heterocycles. The average Bonchev–Trinajstić information content (AvgIpc) is 2.32. The van der Waals surface area contributed by atoms with Crippen molar-refractivity contribution in [3.63, 3.8) is 0 Å². The lowest BCUT2D eigenvalue weighted by Gasteiger charge is -2.12. The Bertz CT molecular complexity index is 273. The second kappa shape index (κ2) is 3.76. The molecular weight excluding hydrogens is 182 g/mol. The minimum Gasteiger partial charge on any atom is -0.383 e. The van der Waals surface area contributed by atoms with Gasteiger partial charge in [0.2, 0.25) is 0 Å². The van der Waals surface area contributed by atoms with Crippen LogP contribution >= 0.6 is 11.3 Å². The Kier molecular flexibility index (Phi) is 3.09. The van der Waals surface area contributed by atoms with Crippen LogP contribution in [0.5, 0.6) is 0 Å². The zero-order chi connectivity index (χ0) is 10.1. The molecule has 0 radical (unpaired) electrons. The smallest absolute Gasteiger partial charge is 0.124 e. The number of nitrogens with zero attached hydrogens (tertiary/aromatic N) is 1. The predicted octanol–water partition coefficient (Wildman–Crippen LogP) is 2.57. The average molecular weight is 199 g/mol. The standard InChI is InChI=1S/C10H17NOS/c1-7(2)5-8-6-13-9(11-8)10(3,4)12/h6-7,12H,5H2,1-4H3. The summed E-state index contributed by atoms with van der Waals surface area (Å²) in [6.07, 6.45) is 0.993. The van der Waals surface area contributed by atoms with E-state index < -0.39 is 5.60 Å². The summed E-state index contributed by atoms with van der Waals surface area (Å²) in [4.78, 5) is 4.39. The molecule has 13 heavy (non-hydrogen) atoms. The van der Waals surface area contributed by atoms with Crippen LogP contribution in [0.3, 0.4) is 0 Å². The first-order chi connectivity index (χ1) is 5.89. The van der Waals surface area contributed by atoms with Crippen molar-refractivity contribution in [2.45, 2.75) is 39.7 Å². The van der Waals surface area contributed by atoms with E-state index in [0.29, 0.717) is 5.92 Å². The van der Waals surface area contributed by atoms with Gasteiger partial charge >= 0.3 is 0 Å². The fourth-order valence-corrected chi connectivity index (χ4v) is 1.95. The van der Waals surface area contributed by atoms with Crippen LogP contribution in [0.15, 0.2) is 5.38 Å². The van der Waals surface area contributed by atoms with E-state index in [1.54, 1.807) is 13.8 Å². The van der Waals surface area contributed by atoms with Gasteiger partial charge in [-0.3, -0.25) is 0 Å². The van der Waals surface area contributed by atoms with Crippen molar-refractivity contribution in [3.8, 4) is 0 Å². The molecule has 0 saturated carbocycles. The second-order valence-corrected chi connectivity index (χ2v) is 5.16. The molecule has 0 spiro atoms. The largest absolute Gasteiger partial charge is 0.383 e. The summed E-state index contributed by atoms with van der Waals surface area (Å²) < 4.78 is 0. The first-order valence-corrected chi connectivity index (χ1v) is 5.45. The molecule has 0 amide bonds. The molecule has 1 rings (SSSR count). The highest BCUT2D eigenvalue weighted by molar-refractivity contribution is 7.09. The minimum atomic E-state index is -0.792. The van der Waals surface area contributed by atoms with Crippen molar-refractivity contribution in [2.75, 3.05) is 0 Å². The van der Waals surface area contributed by atoms with Crippen LogP contribution in [0.1, 0.15) is 38.4 Å². The molecule has 1 N–H and O–H groups in total. The summed E-state index contributed by atoms with van der Waals surface area (Å²) in [6, 6.07) is 0. The Morgan fingerprint density at radius 2 is 2.15 bits per heavy atom. The predicted molar refractivity (Wildman–Crippen MR) is 55.9 cm³/mol. The van der Waals surface area contributed by atoms with Crippen LogP contribution in [0, 0.1) is 5.92 Å². The molecule has 0 unspecified atom stereocenters. The minimum absolute atomic E-state index is 0.622. The fourth-order valence-electron chi connectivity index (χ4n) is 1.10. The number of aliphatic hydroxyl groups is 1. The number of hydrogen-bond donors (Lipinski definition) is 1. The van der Waals surface area contributed by atoms with E-state index in [4.69, 9.17) is 0 Å². The van der Waals surface area contributed by atoms with Crippen molar-refractivity contribution >= 4 is 11.3 Å². The Hall–Kier alpha value is -0.410. The van der Waals surface area contributed by atoms with Crippen LogP contribution in [0.4, 0.5) is 0 Å². The van der Waals surface area contributed by atoms with Crippen LogP contribution in [0.25, 0.3) is 0 Å². The van der Waals surface area contributed by atoms with Crippen molar-refractivity contribution in [2.24, 2.45) is 5.92 Å². The van der Waals surface area contributed by atoms with Gasteiger partial charge in [0, 0.05) is 5.38 Å². The van der Waals surface area contributed by atoms with Crippen LogP contribution in [0.2, 0.25) is 0 Å². The third-order valence-electron chi connectivity index (χ3n) is 1.69. The van der Waals surface area contributed by atoms with Gasteiger partial charge in [-0.05, 0) is 26.2 Å². The number of rotatable bonds is 3. The van der Waals surface area contributed by atoms with Crippen LogP contribution < -0.4 is 0 Å². The van der Waals surface area contributed by atoms with E-state index in [0.717, 1.165) is 17.1 Å². The topological polar surface area (TPSA) is 33.1 Å². The Morgan fingerprint density at radius 1 is 1.54 bits per heavy atom. The van der Waals surface area contributed by atoms with Gasteiger partial charge in [-0.2, -0.15) is 0 Å². The first kappa shape index (κ1) is 10.7. The molecule has 3 heteroatoms. The fraction of sp³-hybridized carbons (Fsp3) is 0.700. The zero-order valence-electron chi connectivity index (χ0n) is 8.66. The first-order valence-electron chi connectivity index (χ1n) is 4.57. The van der Waals surface area contributed by atoms with E-state index in [1.165, 1.54) is 11.3 Å². The van der Waals surface area contributed by atoms with Crippen LogP contribution in [-0.2, 0) is 12.0 Å². The molecule has 74 valence electrons. The summed E-state index contributed by atoms with van der Waals surface area (Å²) in [6.45, 7) is 7.88. The monoisotopic (exact) mass is 199 g/mol. The molecule has 1 heterocycles. The Morgan fingerprint density at radius 3 is 2.54 bits per heavy atom. The summed E-state index contributed by atoms with van der Waals surface area (Å²) in [5.41, 5.74) is 0.303. The third-order valence-corrected chi connectivity index (χ3v) is 2.90. The van der Waals surface area contributed by atoms with Crippen molar-refractivity contribution in [3.05, 3.63) is 16.1 Å². The van der Waals surface area contributed by atoms with Gasteiger partial charge < -0.3 is 5.11 Å². The molecular formula is C10H17NOS. The maximum Gasteiger partial charge on any atom is 0.124 e. The quantitative estimate of drug-likeness (QED) is 0.811. The third kappa shape index (κ3) is 3.08. The molecule has 0 atom stereocenters. The molecule has 0 bridgehead atoms. The van der Waals surface area contributed by atoms with Crippen molar-refractivity contribution in [1.82, 2.24) is 4.98 Å². The van der Waals surface area contributed by atoms with Gasteiger partial charge in [0.1, 0.15) is 10.6 Å². The highest BCUT2D eigenvalue weighted by Gasteiger charge is 2.20. The molecule has 0 aliphatic heterocycles. The number of hydrogen-bond acceptors (Lipinski definition) is 3. The zero-order valence-corrected chi connectivity index (χ0v) is 9.48. The van der Waals surface area contributed by atoms with E-state index in [-0.39, 0.29) is 0 Å². The van der Waals surface area contributed by atoms with Gasteiger partial charge in [0.05, 0.1) is 5.69 Å². The van der Waals surface area contributed by atoms with Crippen molar-refractivity contribution < 1.29 is 5.11 Å². The lowest BCUT2D eigenvalue weighted by Crippen LogP contribution is -2.15. The maximum atomic E-state index is 9.68. The molecule has 1 aromatic rings. The summed E-state index contributed by atoms with van der Waals surface area (Å²) in [7, 11) is 0. The Balaban J connectivity index is 2.75. The van der Waals surface area contributed by atoms with Gasteiger partial charge in [-0.25, -0.2) is 4.98 Å². The molecule has 2 nitrogen and oxygen atoms in total. The molecule has 0 aliphatic carbocycles. The van der Waals surface area contributed by atoms with Crippen molar-refractivity contribution in [1.29, 1.82) is 0 Å². The lowest BCUT2D eigenvalue weighted by molar-refractivity contribution is 0.0781. The van der Waals surface area contributed by atoms with E-state index in [1.807, 2.05) is 5.38 Å².